The van der Waals surface area contributed by atoms with Gasteiger partial charge in [-0.1, -0.05) is 13.8 Å². The molecule has 0 radical (unpaired) electrons. The molecule has 0 aromatic rings. The van der Waals surface area contributed by atoms with Crippen LogP contribution in [0.4, 0.5) is 0 Å². The standard InChI is InChI=1S/C20H38O9/c1-3-5-19(21)28-17-15-26-13-11-24-9-7-23-8-10-25-12-14-27-16-18-29-20(22)6-4-2/h3-18H2,1-2H3. The van der Waals surface area contributed by atoms with Crippen LogP contribution in [0.5, 0.6) is 0 Å². The summed E-state index contributed by atoms with van der Waals surface area (Å²) in [5.41, 5.74) is 0. The molecule has 0 N–H and O–H groups in total. The van der Waals surface area contributed by atoms with Gasteiger partial charge in [0, 0.05) is 12.8 Å². The molecule has 0 atom stereocenters. The number of carbonyl (C=O) groups excluding carboxylic acids is 2. The van der Waals surface area contributed by atoms with Crippen LogP contribution in [-0.4, -0.2) is 91.2 Å². The minimum Gasteiger partial charge on any atom is -0.463 e. The molecule has 0 rings (SSSR count). The Morgan fingerprint density at radius 1 is 0.448 bits per heavy atom. The molecule has 29 heavy (non-hydrogen) atoms. The highest BCUT2D eigenvalue weighted by molar-refractivity contribution is 5.69. The van der Waals surface area contributed by atoms with Crippen LogP contribution in [0.3, 0.4) is 0 Å². The van der Waals surface area contributed by atoms with E-state index in [4.69, 9.17) is 33.2 Å². The van der Waals surface area contributed by atoms with Crippen molar-refractivity contribution in [3.8, 4) is 0 Å². The summed E-state index contributed by atoms with van der Waals surface area (Å²) in [7, 11) is 0. The molecule has 9 nitrogen and oxygen atoms in total. The predicted molar refractivity (Wildman–Crippen MR) is 106 cm³/mol. The Balaban J connectivity index is 3.08. The molecule has 0 saturated carbocycles. The summed E-state index contributed by atoms with van der Waals surface area (Å²) in [6, 6.07) is 0. The molecule has 0 unspecified atom stereocenters. The minimum absolute atomic E-state index is 0.189. The highest BCUT2D eigenvalue weighted by atomic mass is 16.6. The van der Waals surface area contributed by atoms with E-state index in [1.807, 2.05) is 13.8 Å². The van der Waals surface area contributed by atoms with Crippen LogP contribution < -0.4 is 0 Å². The first-order valence-electron chi connectivity index (χ1n) is 10.4. The fourth-order valence-corrected chi connectivity index (χ4v) is 1.96. The highest BCUT2D eigenvalue weighted by Gasteiger charge is 2.00. The van der Waals surface area contributed by atoms with E-state index < -0.39 is 0 Å². The molecule has 0 bridgehead atoms. The van der Waals surface area contributed by atoms with Gasteiger partial charge in [0.1, 0.15) is 13.2 Å². The van der Waals surface area contributed by atoms with E-state index in [-0.39, 0.29) is 25.2 Å². The number of esters is 2. The lowest BCUT2D eigenvalue weighted by atomic mass is 10.3. The van der Waals surface area contributed by atoms with Crippen LogP contribution in [0.25, 0.3) is 0 Å². The van der Waals surface area contributed by atoms with Crippen LogP contribution in [0, 0.1) is 0 Å². The van der Waals surface area contributed by atoms with Gasteiger partial charge in [0.05, 0.1) is 66.1 Å². The quantitative estimate of drug-likeness (QED) is 0.191. The zero-order valence-electron chi connectivity index (χ0n) is 18.0. The van der Waals surface area contributed by atoms with Gasteiger partial charge in [0.2, 0.25) is 0 Å². The zero-order valence-corrected chi connectivity index (χ0v) is 18.0. The first kappa shape index (κ1) is 27.7. The van der Waals surface area contributed by atoms with Gasteiger partial charge in [-0.2, -0.15) is 0 Å². The van der Waals surface area contributed by atoms with Crippen molar-refractivity contribution in [2.75, 3.05) is 79.3 Å². The van der Waals surface area contributed by atoms with Crippen molar-refractivity contribution >= 4 is 11.9 Å². The van der Waals surface area contributed by atoms with Crippen molar-refractivity contribution in [1.29, 1.82) is 0 Å². The normalized spacial score (nSPS) is 10.8. The van der Waals surface area contributed by atoms with Gasteiger partial charge in [0.25, 0.3) is 0 Å². The summed E-state index contributed by atoms with van der Waals surface area (Å²) < 4.78 is 36.6. The molecule has 0 spiro atoms. The summed E-state index contributed by atoms with van der Waals surface area (Å²) in [4.78, 5) is 22.2. The van der Waals surface area contributed by atoms with Gasteiger partial charge in [-0.05, 0) is 12.8 Å². The summed E-state index contributed by atoms with van der Waals surface area (Å²) in [6.45, 7) is 8.93. The van der Waals surface area contributed by atoms with Crippen molar-refractivity contribution in [2.45, 2.75) is 39.5 Å². The monoisotopic (exact) mass is 422 g/mol. The molecular weight excluding hydrogens is 384 g/mol. The van der Waals surface area contributed by atoms with Crippen LogP contribution in [0.15, 0.2) is 0 Å². The fourth-order valence-electron chi connectivity index (χ4n) is 1.96. The molecule has 0 fully saturated rings. The van der Waals surface area contributed by atoms with E-state index >= 15 is 0 Å². The van der Waals surface area contributed by atoms with E-state index in [1.54, 1.807) is 0 Å². The number of hydrogen-bond acceptors (Lipinski definition) is 9. The third kappa shape index (κ3) is 22.9. The van der Waals surface area contributed by atoms with Crippen molar-refractivity contribution in [3.05, 3.63) is 0 Å². The van der Waals surface area contributed by atoms with Gasteiger partial charge in [-0.15, -0.1) is 0 Å². The van der Waals surface area contributed by atoms with Gasteiger partial charge in [0.15, 0.2) is 0 Å². The molecule has 0 aliphatic heterocycles. The number of ether oxygens (including phenoxy) is 7. The zero-order chi connectivity index (χ0) is 21.4. The van der Waals surface area contributed by atoms with Crippen molar-refractivity contribution < 1.29 is 42.7 Å². The summed E-state index contributed by atoms with van der Waals surface area (Å²) in [5.74, 6) is -0.378. The maximum Gasteiger partial charge on any atom is 0.305 e. The largest absolute Gasteiger partial charge is 0.463 e. The lowest BCUT2D eigenvalue weighted by molar-refractivity contribution is -0.146. The maximum atomic E-state index is 11.1. The second kappa shape index (κ2) is 23.0. The summed E-state index contributed by atoms with van der Waals surface area (Å²) in [6.07, 6.45) is 2.46. The topological polar surface area (TPSA) is 98.8 Å². The van der Waals surface area contributed by atoms with E-state index in [0.29, 0.717) is 78.9 Å². The second-order valence-electron chi connectivity index (χ2n) is 6.00. The molecule has 0 aromatic heterocycles. The van der Waals surface area contributed by atoms with Gasteiger partial charge >= 0.3 is 11.9 Å². The molecule has 9 heteroatoms. The summed E-state index contributed by atoms with van der Waals surface area (Å²) in [5, 5.41) is 0. The Morgan fingerprint density at radius 3 is 0.931 bits per heavy atom. The number of rotatable bonds is 22. The molecule has 0 aliphatic rings. The van der Waals surface area contributed by atoms with Crippen molar-refractivity contribution in [2.24, 2.45) is 0 Å². The first-order chi connectivity index (χ1) is 14.2. The van der Waals surface area contributed by atoms with Crippen LogP contribution in [-0.2, 0) is 42.7 Å². The summed E-state index contributed by atoms with van der Waals surface area (Å²) >= 11 is 0. The first-order valence-corrected chi connectivity index (χ1v) is 10.4. The lowest BCUT2D eigenvalue weighted by Gasteiger charge is -2.08. The Labute approximate surface area is 174 Å². The SMILES string of the molecule is CCCC(=O)OCCOCCOCCOCCOCCOCCOC(=O)CCC. The van der Waals surface area contributed by atoms with E-state index in [0.717, 1.165) is 12.8 Å². The third-order valence-electron chi connectivity index (χ3n) is 3.38. The smallest absolute Gasteiger partial charge is 0.305 e. The van der Waals surface area contributed by atoms with Crippen molar-refractivity contribution in [3.63, 3.8) is 0 Å². The van der Waals surface area contributed by atoms with Crippen LogP contribution >= 0.6 is 0 Å². The molecule has 0 saturated heterocycles. The maximum absolute atomic E-state index is 11.1. The lowest BCUT2D eigenvalue weighted by Crippen LogP contribution is -2.15. The van der Waals surface area contributed by atoms with Gasteiger partial charge in [-0.3, -0.25) is 9.59 Å². The van der Waals surface area contributed by atoms with E-state index in [2.05, 4.69) is 0 Å². The highest BCUT2D eigenvalue weighted by Crippen LogP contribution is 1.92. The van der Waals surface area contributed by atoms with Crippen molar-refractivity contribution in [1.82, 2.24) is 0 Å². The van der Waals surface area contributed by atoms with E-state index in [9.17, 15) is 9.59 Å². The molecule has 0 heterocycles. The second-order valence-corrected chi connectivity index (χ2v) is 6.00. The molecule has 0 aliphatic carbocycles. The Kier molecular flexibility index (Phi) is 22.0. The average Bonchev–Trinajstić information content (AvgIpc) is 2.70. The Hall–Kier alpha value is -1.26. The number of hydrogen-bond donors (Lipinski definition) is 0. The van der Waals surface area contributed by atoms with Gasteiger partial charge < -0.3 is 33.2 Å². The van der Waals surface area contributed by atoms with Gasteiger partial charge in [-0.25, -0.2) is 0 Å². The Bertz CT molecular complexity index is 343. The van der Waals surface area contributed by atoms with E-state index in [1.165, 1.54) is 0 Å². The minimum atomic E-state index is -0.189. The molecule has 172 valence electrons. The molecule has 0 amide bonds. The Morgan fingerprint density at radius 2 is 0.690 bits per heavy atom. The molecular formula is C20H38O9. The van der Waals surface area contributed by atoms with Crippen LogP contribution in [0.2, 0.25) is 0 Å². The third-order valence-corrected chi connectivity index (χ3v) is 3.38. The predicted octanol–water partition coefficient (Wildman–Crippen LogP) is 1.76. The number of carbonyl (C=O) groups is 2. The van der Waals surface area contributed by atoms with Crippen LogP contribution in [0.1, 0.15) is 39.5 Å². The molecule has 0 aromatic carbocycles. The fraction of sp³-hybridized carbons (Fsp3) is 0.900. The average molecular weight is 423 g/mol.